The van der Waals surface area contributed by atoms with E-state index in [2.05, 4.69) is 0 Å². The standard InChI is InChI=1S/C14H18F3NO2/c1-9-5-11(6-10(2)13(9)19)7-18-3-4-20-12(8-18)14(15,16)17/h5-6,12,19H,3-4,7-8H2,1-2H3. The lowest BCUT2D eigenvalue weighted by Gasteiger charge is -2.33. The second kappa shape index (κ2) is 5.61. The van der Waals surface area contributed by atoms with Gasteiger partial charge in [0.2, 0.25) is 0 Å². The molecule has 1 aromatic carbocycles. The normalized spacial score (nSPS) is 21.1. The molecule has 0 radical (unpaired) electrons. The van der Waals surface area contributed by atoms with E-state index in [0.29, 0.717) is 13.1 Å². The molecule has 0 aliphatic carbocycles. The zero-order valence-corrected chi connectivity index (χ0v) is 11.5. The molecule has 6 heteroatoms. The molecular formula is C14H18F3NO2. The van der Waals surface area contributed by atoms with Crippen molar-refractivity contribution in [1.82, 2.24) is 4.90 Å². The van der Waals surface area contributed by atoms with Gasteiger partial charge in [0.15, 0.2) is 6.10 Å². The Morgan fingerprint density at radius 1 is 1.30 bits per heavy atom. The van der Waals surface area contributed by atoms with Crippen LogP contribution < -0.4 is 0 Å². The summed E-state index contributed by atoms with van der Waals surface area (Å²) in [6.07, 6.45) is -6.03. The number of alkyl halides is 3. The number of halogens is 3. The molecule has 1 aliphatic heterocycles. The molecule has 0 saturated carbocycles. The van der Waals surface area contributed by atoms with Crippen molar-refractivity contribution in [1.29, 1.82) is 0 Å². The van der Waals surface area contributed by atoms with Crippen LogP contribution in [0.25, 0.3) is 0 Å². The fourth-order valence-electron chi connectivity index (χ4n) is 2.44. The van der Waals surface area contributed by atoms with Crippen molar-refractivity contribution >= 4 is 0 Å². The Morgan fingerprint density at radius 2 is 1.90 bits per heavy atom. The summed E-state index contributed by atoms with van der Waals surface area (Å²) in [7, 11) is 0. The number of hydrogen-bond acceptors (Lipinski definition) is 3. The minimum atomic E-state index is -4.32. The van der Waals surface area contributed by atoms with Crippen molar-refractivity contribution in [3.05, 3.63) is 28.8 Å². The van der Waals surface area contributed by atoms with E-state index >= 15 is 0 Å². The van der Waals surface area contributed by atoms with E-state index in [-0.39, 0.29) is 18.9 Å². The minimum Gasteiger partial charge on any atom is -0.507 e. The minimum absolute atomic E-state index is 0.0836. The fraction of sp³-hybridized carbons (Fsp3) is 0.571. The second-order valence-corrected chi connectivity index (χ2v) is 5.21. The van der Waals surface area contributed by atoms with Gasteiger partial charge in [-0.2, -0.15) is 13.2 Å². The first-order valence-electron chi connectivity index (χ1n) is 6.47. The number of morpholine rings is 1. The van der Waals surface area contributed by atoms with E-state index in [1.165, 1.54) is 0 Å². The van der Waals surface area contributed by atoms with Gasteiger partial charge in [-0.1, -0.05) is 12.1 Å². The summed E-state index contributed by atoms with van der Waals surface area (Å²) in [5.41, 5.74) is 2.38. The Bertz CT molecular complexity index is 465. The fourth-order valence-corrected chi connectivity index (χ4v) is 2.44. The van der Waals surface area contributed by atoms with Gasteiger partial charge in [-0.3, -0.25) is 4.90 Å². The largest absolute Gasteiger partial charge is 0.507 e. The van der Waals surface area contributed by atoms with Gasteiger partial charge in [-0.25, -0.2) is 0 Å². The molecule has 2 rings (SSSR count). The highest BCUT2D eigenvalue weighted by Crippen LogP contribution is 2.27. The summed E-state index contributed by atoms with van der Waals surface area (Å²) in [4.78, 5) is 1.73. The zero-order chi connectivity index (χ0) is 14.9. The molecule has 0 bridgehead atoms. The zero-order valence-electron chi connectivity index (χ0n) is 11.5. The number of benzene rings is 1. The number of nitrogens with zero attached hydrogens (tertiary/aromatic N) is 1. The number of aromatic hydroxyl groups is 1. The number of ether oxygens (including phenoxy) is 1. The first-order valence-corrected chi connectivity index (χ1v) is 6.47. The molecule has 112 valence electrons. The highest BCUT2D eigenvalue weighted by Gasteiger charge is 2.43. The third kappa shape index (κ3) is 3.43. The number of aryl methyl sites for hydroxylation is 2. The van der Waals surface area contributed by atoms with Crippen LogP contribution in [0.15, 0.2) is 12.1 Å². The van der Waals surface area contributed by atoms with Crippen molar-refractivity contribution in [2.45, 2.75) is 32.7 Å². The van der Waals surface area contributed by atoms with E-state index in [4.69, 9.17) is 4.74 Å². The van der Waals surface area contributed by atoms with Crippen molar-refractivity contribution in [3.63, 3.8) is 0 Å². The smallest absolute Gasteiger partial charge is 0.415 e. The Hall–Kier alpha value is -1.27. The molecule has 1 atom stereocenters. The molecule has 1 aromatic rings. The first-order chi connectivity index (χ1) is 9.27. The van der Waals surface area contributed by atoms with Crippen LogP contribution in [0.5, 0.6) is 5.75 Å². The predicted octanol–water partition coefficient (Wildman–Crippen LogP) is 2.77. The molecule has 0 spiro atoms. The van der Waals surface area contributed by atoms with Gasteiger partial charge in [0.25, 0.3) is 0 Å². The summed E-state index contributed by atoms with van der Waals surface area (Å²) in [6.45, 7) is 4.40. The third-order valence-electron chi connectivity index (χ3n) is 3.47. The van der Waals surface area contributed by atoms with E-state index in [1.54, 1.807) is 30.9 Å². The molecule has 0 amide bonds. The molecule has 1 unspecified atom stereocenters. The molecule has 1 aliphatic rings. The molecule has 1 N–H and O–H groups in total. The maximum absolute atomic E-state index is 12.6. The van der Waals surface area contributed by atoms with E-state index < -0.39 is 12.3 Å². The van der Waals surface area contributed by atoms with Gasteiger partial charge in [0.1, 0.15) is 5.75 Å². The molecule has 1 heterocycles. The Balaban J connectivity index is 2.07. The van der Waals surface area contributed by atoms with Crippen LogP contribution >= 0.6 is 0 Å². The highest BCUT2D eigenvalue weighted by atomic mass is 19.4. The van der Waals surface area contributed by atoms with Crippen molar-refractivity contribution < 1.29 is 23.0 Å². The van der Waals surface area contributed by atoms with E-state index in [9.17, 15) is 18.3 Å². The van der Waals surface area contributed by atoms with Crippen molar-refractivity contribution in [3.8, 4) is 5.75 Å². The van der Waals surface area contributed by atoms with E-state index in [0.717, 1.165) is 16.7 Å². The molecule has 20 heavy (non-hydrogen) atoms. The van der Waals surface area contributed by atoms with Gasteiger partial charge in [0.05, 0.1) is 6.61 Å². The van der Waals surface area contributed by atoms with Crippen LogP contribution in [0, 0.1) is 13.8 Å². The SMILES string of the molecule is Cc1cc(CN2CCOC(C(F)(F)F)C2)cc(C)c1O. The maximum atomic E-state index is 12.6. The van der Waals surface area contributed by atoms with Crippen molar-refractivity contribution in [2.75, 3.05) is 19.7 Å². The third-order valence-corrected chi connectivity index (χ3v) is 3.47. The van der Waals surface area contributed by atoms with E-state index in [1.807, 2.05) is 0 Å². The average Bonchev–Trinajstić information content (AvgIpc) is 2.35. The lowest BCUT2D eigenvalue weighted by molar-refractivity contribution is -0.237. The number of phenolic OH excluding ortho intramolecular Hbond substituents is 1. The van der Waals surface area contributed by atoms with Crippen LogP contribution in [0.4, 0.5) is 13.2 Å². The first kappa shape index (κ1) is 15.1. The van der Waals surface area contributed by atoms with Crippen molar-refractivity contribution in [2.24, 2.45) is 0 Å². The molecule has 1 saturated heterocycles. The monoisotopic (exact) mass is 289 g/mol. The highest BCUT2D eigenvalue weighted by molar-refractivity contribution is 5.42. The molecule has 3 nitrogen and oxygen atoms in total. The van der Waals surface area contributed by atoms with Crippen LogP contribution in [0.2, 0.25) is 0 Å². The number of hydrogen-bond donors (Lipinski definition) is 1. The molecular weight excluding hydrogens is 271 g/mol. The Kier molecular flexibility index (Phi) is 4.25. The number of phenols is 1. The summed E-state index contributed by atoms with van der Waals surface area (Å²) in [5.74, 6) is 0.240. The number of rotatable bonds is 2. The second-order valence-electron chi connectivity index (χ2n) is 5.21. The quantitative estimate of drug-likeness (QED) is 0.908. The predicted molar refractivity (Wildman–Crippen MR) is 68.7 cm³/mol. The summed E-state index contributed by atoms with van der Waals surface area (Å²) >= 11 is 0. The lowest BCUT2D eigenvalue weighted by atomic mass is 10.0. The summed E-state index contributed by atoms with van der Waals surface area (Å²) in [6, 6.07) is 3.61. The van der Waals surface area contributed by atoms with Crippen LogP contribution in [-0.2, 0) is 11.3 Å². The van der Waals surface area contributed by atoms with Crippen LogP contribution in [0.3, 0.4) is 0 Å². The molecule has 1 fully saturated rings. The Morgan fingerprint density at radius 3 is 2.45 bits per heavy atom. The molecule has 0 aromatic heterocycles. The van der Waals surface area contributed by atoms with Gasteiger partial charge in [0, 0.05) is 19.6 Å². The van der Waals surface area contributed by atoms with Crippen LogP contribution in [-0.4, -0.2) is 42.0 Å². The topological polar surface area (TPSA) is 32.7 Å². The summed E-state index contributed by atoms with van der Waals surface area (Å²) in [5, 5.41) is 9.70. The maximum Gasteiger partial charge on any atom is 0.415 e. The van der Waals surface area contributed by atoms with Gasteiger partial charge < -0.3 is 9.84 Å². The van der Waals surface area contributed by atoms with Gasteiger partial charge in [-0.05, 0) is 30.5 Å². The Labute approximate surface area is 116 Å². The van der Waals surface area contributed by atoms with Crippen LogP contribution in [0.1, 0.15) is 16.7 Å². The van der Waals surface area contributed by atoms with Gasteiger partial charge in [-0.15, -0.1) is 0 Å². The van der Waals surface area contributed by atoms with Gasteiger partial charge >= 0.3 is 6.18 Å². The summed E-state index contributed by atoms with van der Waals surface area (Å²) < 4.78 is 42.7. The average molecular weight is 289 g/mol. The lowest BCUT2D eigenvalue weighted by Crippen LogP contribution is -2.48.